The van der Waals surface area contributed by atoms with E-state index in [0.717, 1.165) is 39.0 Å². The van der Waals surface area contributed by atoms with E-state index in [4.69, 9.17) is 9.84 Å². The van der Waals surface area contributed by atoms with Gasteiger partial charge in [0.2, 0.25) is 0 Å². The van der Waals surface area contributed by atoms with E-state index in [9.17, 15) is 0 Å². The molecule has 4 heteroatoms. The summed E-state index contributed by atoms with van der Waals surface area (Å²) in [6, 6.07) is 0.896. The molecule has 0 aliphatic carbocycles. The Balaban J connectivity index is 2.18. The third-order valence-electron chi connectivity index (χ3n) is 4.05. The van der Waals surface area contributed by atoms with E-state index in [0.29, 0.717) is 12.1 Å². The average molecular weight is 265 g/mol. The first-order valence-corrected chi connectivity index (χ1v) is 7.51. The van der Waals surface area contributed by atoms with E-state index >= 15 is 0 Å². The Hall–Kier alpha value is -0.870. The number of hydrogen-bond acceptors (Lipinski definition) is 3. The summed E-state index contributed by atoms with van der Waals surface area (Å²) in [6.45, 7) is 11.6. The van der Waals surface area contributed by atoms with Crippen LogP contribution in [0.15, 0.2) is 0 Å². The minimum atomic E-state index is 0.383. The highest BCUT2D eigenvalue weighted by molar-refractivity contribution is 5.28. The van der Waals surface area contributed by atoms with Crippen molar-refractivity contribution in [2.24, 2.45) is 0 Å². The summed E-state index contributed by atoms with van der Waals surface area (Å²) in [5.74, 6) is 0. The van der Waals surface area contributed by atoms with Crippen LogP contribution in [0.25, 0.3) is 0 Å². The standard InChI is InChI=1S/C15H27N3O/c1-5-8-16-11(2)15-12(3)17-18(13(15)4)14-6-9-19-10-7-14/h11,14,16H,5-10H2,1-4H3. The van der Waals surface area contributed by atoms with Crippen LogP contribution in [-0.4, -0.2) is 29.5 Å². The number of nitrogens with zero attached hydrogens (tertiary/aromatic N) is 2. The van der Waals surface area contributed by atoms with Gasteiger partial charge in [0.25, 0.3) is 0 Å². The second-order valence-electron chi connectivity index (χ2n) is 5.55. The molecule has 1 atom stereocenters. The van der Waals surface area contributed by atoms with Gasteiger partial charge in [-0.25, -0.2) is 0 Å². The first kappa shape index (κ1) is 14.5. The fraction of sp³-hybridized carbons (Fsp3) is 0.800. The van der Waals surface area contributed by atoms with Gasteiger partial charge in [-0.15, -0.1) is 0 Å². The maximum absolute atomic E-state index is 5.45. The van der Waals surface area contributed by atoms with Gasteiger partial charge < -0.3 is 10.1 Å². The smallest absolute Gasteiger partial charge is 0.0644 e. The molecule has 0 radical (unpaired) electrons. The zero-order valence-electron chi connectivity index (χ0n) is 12.7. The highest BCUT2D eigenvalue weighted by atomic mass is 16.5. The minimum Gasteiger partial charge on any atom is -0.381 e. The second-order valence-corrected chi connectivity index (χ2v) is 5.55. The predicted octanol–water partition coefficient (Wildman–Crippen LogP) is 2.91. The molecular formula is C15H27N3O. The minimum absolute atomic E-state index is 0.383. The summed E-state index contributed by atoms with van der Waals surface area (Å²) in [6.07, 6.45) is 3.33. The Kier molecular flexibility index (Phi) is 4.99. The van der Waals surface area contributed by atoms with Crippen LogP contribution in [0.1, 0.15) is 62.1 Å². The van der Waals surface area contributed by atoms with Crippen LogP contribution >= 0.6 is 0 Å². The molecule has 0 spiro atoms. The maximum Gasteiger partial charge on any atom is 0.0644 e. The molecule has 2 rings (SSSR count). The lowest BCUT2D eigenvalue weighted by molar-refractivity contribution is 0.0655. The topological polar surface area (TPSA) is 39.1 Å². The molecule has 1 N–H and O–H groups in total. The number of aryl methyl sites for hydroxylation is 1. The van der Waals surface area contributed by atoms with Crippen molar-refractivity contribution < 1.29 is 4.74 Å². The van der Waals surface area contributed by atoms with E-state index in [1.54, 1.807) is 0 Å². The first-order chi connectivity index (χ1) is 9.15. The molecule has 108 valence electrons. The van der Waals surface area contributed by atoms with Gasteiger partial charge in [0, 0.05) is 30.5 Å². The number of rotatable bonds is 5. The quantitative estimate of drug-likeness (QED) is 0.889. The molecule has 0 bridgehead atoms. The molecule has 0 saturated carbocycles. The number of aromatic nitrogens is 2. The lowest BCUT2D eigenvalue weighted by atomic mass is 10.1. The van der Waals surface area contributed by atoms with Crippen molar-refractivity contribution in [1.82, 2.24) is 15.1 Å². The molecule has 1 unspecified atom stereocenters. The fourth-order valence-electron chi connectivity index (χ4n) is 3.05. The van der Waals surface area contributed by atoms with Gasteiger partial charge in [0.1, 0.15) is 0 Å². The van der Waals surface area contributed by atoms with Gasteiger partial charge in [0.05, 0.1) is 11.7 Å². The molecular weight excluding hydrogens is 238 g/mol. The summed E-state index contributed by atoms with van der Waals surface area (Å²) in [4.78, 5) is 0. The molecule has 1 aliphatic heterocycles. The van der Waals surface area contributed by atoms with Gasteiger partial charge in [-0.05, 0) is 46.6 Å². The zero-order chi connectivity index (χ0) is 13.8. The van der Waals surface area contributed by atoms with Crippen molar-refractivity contribution >= 4 is 0 Å². The third-order valence-corrected chi connectivity index (χ3v) is 4.05. The molecule has 1 aliphatic rings. The van der Waals surface area contributed by atoms with E-state index in [2.05, 4.69) is 37.7 Å². The summed E-state index contributed by atoms with van der Waals surface area (Å²) in [5, 5.41) is 8.35. The SMILES string of the molecule is CCCNC(C)c1c(C)nn(C2CCOCC2)c1C. The molecule has 1 saturated heterocycles. The van der Waals surface area contributed by atoms with Crippen LogP contribution in [0.4, 0.5) is 0 Å². The average Bonchev–Trinajstić information content (AvgIpc) is 2.72. The summed E-state index contributed by atoms with van der Waals surface area (Å²) >= 11 is 0. The van der Waals surface area contributed by atoms with E-state index in [1.165, 1.54) is 17.0 Å². The Morgan fingerprint density at radius 2 is 2.05 bits per heavy atom. The maximum atomic E-state index is 5.45. The van der Waals surface area contributed by atoms with Gasteiger partial charge in [0.15, 0.2) is 0 Å². The lowest BCUT2D eigenvalue weighted by Crippen LogP contribution is -2.22. The van der Waals surface area contributed by atoms with Crippen molar-refractivity contribution in [3.63, 3.8) is 0 Å². The summed E-state index contributed by atoms with van der Waals surface area (Å²) in [5.41, 5.74) is 3.86. The highest BCUT2D eigenvalue weighted by Gasteiger charge is 2.23. The molecule has 0 amide bonds. The van der Waals surface area contributed by atoms with Gasteiger partial charge >= 0.3 is 0 Å². The Morgan fingerprint density at radius 1 is 1.37 bits per heavy atom. The number of nitrogens with one attached hydrogen (secondary N) is 1. The van der Waals surface area contributed by atoms with Crippen molar-refractivity contribution in [2.75, 3.05) is 19.8 Å². The fourth-order valence-corrected chi connectivity index (χ4v) is 3.05. The molecule has 4 nitrogen and oxygen atoms in total. The largest absolute Gasteiger partial charge is 0.381 e. The molecule has 1 aromatic heterocycles. The van der Waals surface area contributed by atoms with Gasteiger partial charge in [-0.3, -0.25) is 4.68 Å². The molecule has 2 heterocycles. The predicted molar refractivity (Wildman–Crippen MR) is 77.5 cm³/mol. The Labute approximate surface area is 116 Å². The normalized spacial score (nSPS) is 18.7. The third kappa shape index (κ3) is 3.18. The second kappa shape index (κ2) is 6.53. The van der Waals surface area contributed by atoms with Gasteiger partial charge in [-0.2, -0.15) is 5.10 Å². The lowest BCUT2D eigenvalue weighted by Gasteiger charge is -2.24. The van der Waals surface area contributed by atoms with Crippen LogP contribution in [0.3, 0.4) is 0 Å². The van der Waals surface area contributed by atoms with Crippen molar-refractivity contribution in [1.29, 1.82) is 0 Å². The van der Waals surface area contributed by atoms with Crippen LogP contribution in [-0.2, 0) is 4.74 Å². The van der Waals surface area contributed by atoms with Crippen molar-refractivity contribution in [2.45, 2.75) is 59.0 Å². The summed E-state index contributed by atoms with van der Waals surface area (Å²) in [7, 11) is 0. The summed E-state index contributed by atoms with van der Waals surface area (Å²) < 4.78 is 7.68. The van der Waals surface area contributed by atoms with Crippen LogP contribution < -0.4 is 5.32 Å². The van der Waals surface area contributed by atoms with E-state index < -0.39 is 0 Å². The molecule has 1 fully saturated rings. The first-order valence-electron chi connectivity index (χ1n) is 7.51. The molecule has 1 aromatic rings. The molecule has 0 aromatic carbocycles. The highest BCUT2D eigenvalue weighted by Crippen LogP contribution is 2.28. The van der Waals surface area contributed by atoms with Gasteiger partial charge in [-0.1, -0.05) is 6.92 Å². The van der Waals surface area contributed by atoms with Crippen molar-refractivity contribution in [3.8, 4) is 0 Å². The molecule has 19 heavy (non-hydrogen) atoms. The van der Waals surface area contributed by atoms with E-state index in [-0.39, 0.29) is 0 Å². The van der Waals surface area contributed by atoms with Crippen LogP contribution in [0.5, 0.6) is 0 Å². The Morgan fingerprint density at radius 3 is 2.68 bits per heavy atom. The van der Waals surface area contributed by atoms with Crippen LogP contribution in [0.2, 0.25) is 0 Å². The van der Waals surface area contributed by atoms with Crippen molar-refractivity contribution in [3.05, 3.63) is 17.0 Å². The monoisotopic (exact) mass is 265 g/mol. The number of hydrogen-bond donors (Lipinski definition) is 1. The van der Waals surface area contributed by atoms with Crippen LogP contribution in [0, 0.1) is 13.8 Å². The number of ether oxygens (including phenoxy) is 1. The Bertz CT molecular complexity index is 408. The van der Waals surface area contributed by atoms with E-state index in [1.807, 2.05) is 0 Å². The zero-order valence-corrected chi connectivity index (χ0v) is 12.7.